The Hall–Kier alpha value is -1.48. The molecule has 17 heavy (non-hydrogen) atoms. The molecule has 1 N–H and O–H groups in total. The summed E-state index contributed by atoms with van der Waals surface area (Å²) < 4.78 is 13.8. The average molecular weight is 247 g/mol. The monoisotopic (exact) mass is 247 g/mol. The van der Waals surface area contributed by atoms with Crippen LogP contribution in [-0.2, 0) is 12.8 Å². The second-order valence-electron chi connectivity index (χ2n) is 4.01. The number of rotatable bonds is 4. The van der Waals surface area contributed by atoms with Gasteiger partial charge in [0.1, 0.15) is 10.5 Å². The first-order valence-electron chi connectivity index (χ1n) is 5.67. The zero-order valence-electron chi connectivity index (χ0n) is 9.45. The lowest BCUT2D eigenvalue weighted by molar-refractivity contribution is 0.624. The van der Waals surface area contributed by atoms with Gasteiger partial charge >= 0.3 is 0 Å². The molecule has 0 aliphatic rings. The molecule has 1 aromatic carbocycles. The van der Waals surface area contributed by atoms with Crippen molar-refractivity contribution in [3.05, 3.63) is 64.2 Å². The van der Waals surface area contributed by atoms with Crippen molar-refractivity contribution in [1.29, 1.82) is 0 Å². The van der Waals surface area contributed by atoms with Crippen molar-refractivity contribution < 1.29 is 4.39 Å². The van der Waals surface area contributed by atoms with Crippen molar-refractivity contribution in [3.8, 4) is 0 Å². The van der Waals surface area contributed by atoms with Crippen LogP contribution in [0.3, 0.4) is 0 Å². The van der Waals surface area contributed by atoms with Gasteiger partial charge < -0.3 is 4.98 Å². The molecule has 0 aliphatic heterocycles. The van der Waals surface area contributed by atoms with Crippen LogP contribution in [-0.4, -0.2) is 4.98 Å². The normalized spacial score (nSPS) is 10.4. The summed E-state index contributed by atoms with van der Waals surface area (Å²) in [7, 11) is 0. The van der Waals surface area contributed by atoms with E-state index in [2.05, 4.69) is 4.98 Å². The molecule has 1 nitrogen and oxygen atoms in total. The summed E-state index contributed by atoms with van der Waals surface area (Å²) in [5.74, 6) is -0.167. The van der Waals surface area contributed by atoms with Crippen molar-refractivity contribution in [2.24, 2.45) is 0 Å². The highest BCUT2D eigenvalue weighted by molar-refractivity contribution is 7.71. The van der Waals surface area contributed by atoms with Gasteiger partial charge in [0, 0.05) is 6.20 Å². The minimum Gasteiger partial charge on any atom is -0.353 e. The Morgan fingerprint density at radius 2 is 2.00 bits per heavy atom. The van der Waals surface area contributed by atoms with Gasteiger partial charge in [0.15, 0.2) is 0 Å². The molecule has 2 aromatic rings. The van der Waals surface area contributed by atoms with Gasteiger partial charge in [0.25, 0.3) is 0 Å². The number of hydrogen-bond acceptors (Lipinski definition) is 1. The molecule has 88 valence electrons. The molecule has 0 aliphatic carbocycles. The second kappa shape index (κ2) is 5.73. The summed E-state index contributed by atoms with van der Waals surface area (Å²) in [5.41, 5.74) is 2.19. The van der Waals surface area contributed by atoms with Crippen LogP contribution in [0.4, 0.5) is 4.39 Å². The number of benzene rings is 1. The van der Waals surface area contributed by atoms with Gasteiger partial charge in [-0.05, 0) is 48.6 Å². The van der Waals surface area contributed by atoms with E-state index in [1.54, 1.807) is 12.1 Å². The van der Waals surface area contributed by atoms with E-state index < -0.39 is 0 Å². The van der Waals surface area contributed by atoms with Crippen LogP contribution in [0.15, 0.2) is 42.6 Å². The third-order valence-electron chi connectivity index (χ3n) is 2.70. The van der Waals surface area contributed by atoms with Crippen molar-refractivity contribution >= 4 is 12.2 Å². The standard InChI is InChI=1S/C14H14FNS/c15-13-8-2-5-11(10-13)4-1-6-12-7-3-9-16-14(12)17/h2-3,5,7-10H,1,4,6H2,(H,16,17). The predicted octanol–water partition coefficient (Wildman–Crippen LogP) is 4.06. The van der Waals surface area contributed by atoms with Crippen LogP contribution >= 0.6 is 12.2 Å². The highest BCUT2D eigenvalue weighted by atomic mass is 32.1. The Balaban J connectivity index is 1.92. The fourth-order valence-corrected chi connectivity index (χ4v) is 2.07. The van der Waals surface area contributed by atoms with Gasteiger partial charge in [0.2, 0.25) is 0 Å². The lowest BCUT2D eigenvalue weighted by atomic mass is 10.1. The van der Waals surface area contributed by atoms with Gasteiger partial charge in [0.05, 0.1) is 0 Å². The SMILES string of the molecule is Fc1cccc(CCCc2ccc[nH]c2=S)c1. The predicted molar refractivity (Wildman–Crippen MR) is 70.1 cm³/mol. The van der Waals surface area contributed by atoms with E-state index in [-0.39, 0.29) is 5.82 Å². The fraction of sp³-hybridized carbons (Fsp3) is 0.214. The Bertz CT molecular complexity index is 548. The summed E-state index contributed by atoms with van der Waals surface area (Å²) in [6.07, 6.45) is 4.61. The Kier molecular flexibility index (Phi) is 4.04. The lowest BCUT2D eigenvalue weighted by Gasteiger charge is -2.02. The number of hydrogen-bond donors (Lipinski definition) is 1. The molecule has 0 amide bonds. The fourth-order valence-electron chi connectivity index (χ4n) is 1.83. The number of halogens is 1. The van der Waals surface area contributed by atoms with E-state index in [4.69, 9.17) is 12.2 Å². The van der Waals surface area contributed by atoms with Crippen molar-refractivity contribution in [1.82, 2.24) is 4.98 Å². The number of pyridine rings is 1. The summed E-state index contributed by atoms with van der Waals surface area (Å²) in [6.45, 7) is 0. The molecule has 1 heterocycles. The smallest absolute Gasteiger partial charge is 0.123 e. The molecule has 0 radical (unpaired) electrons. The zero-order chi connectivity index (χ0) is 12.1. The van der Waals surface area contributed by atoms with Gasteiger partial charge in [-0.1, -0.05) is 30.4 Å². The molecule has 0 fully saturated rings. The molecule has 0 bridgehead atoms. The van der Waals surface area contributed by atoms with Crippen molar-refractivity contribution in [2.45, 2.75) is 19.3 Å². The number of H-pyrrole nitrogens is 1. The summed E-state index contributed by atoms with van der Waals surface area (Å²) in [4.78, 5) is 3.01. The molecular weight excluding hydrogens is 233 g/mol. The largest absolute Gasteiger partial charge is 0.353 e. The lowest BCUT2D eigenvalue weighted by Crippen LogP contribution is -1.92. The minimum atomic E-state index is -0.167. The molecular formula is C14H14FNS. The highest BCUT2D eigenvalue weighted by Gasteiger charge is 1.98. The van der Waals surface area contributed by atoms with E-state index in [9.17, 15) is 4.39 Å². The Morgan fingerprint density at radius 3 is 2.76 bits per heavy atom. The van der Waals surface area contributed by atoms with Crippen molar-refractivity contribution in [3.63, 3.8) is 0 Å². The van der Waals surface area contributed by atoms with Gasteiger partial charge in [-0.2, -0.15) is 0 Å². The number of aryl methyl sites for hydroxylation is 2. The summed E-state index contributed by atoms with van der Waals surface area (Å²) >= 11 is 5.19. The van der Waals surface area contributed by atoms with Crippen LogP contribution in [0, 0.1) is 10.5 Å². The van der Waals surface area contributed by atoms with E-state index in [0.29, 0.717) is 0 Å². The van der Waals surface area contributed by atoms with E-state index in [1.807, 2.05) is 24.4 Å². The molecule has 0 unspecified atom stereocenters. The molecule has 0 saturated carbocycles. The average Bonchev–Trinajstić information content (AvgIpc) is 2.32. The third-order valence-corrected chi connectivity index (χ3v) is 3.08. The molecule has 0 atom stereocenters. The number of aromatic nitrogens is 1. The van der Waals surface area contributed by atoms with Crippen LogP contribution in [0.1, 0.15) is 17.5 Å². The molecule has 3 heteroatoms. The first kappa shape index (κ1) is 12.0. The second-order valence-corrected chi connectivity index (χ2v) is 4.42. The van der Waals surface area contributed by atoms with Gasteiger partial charge in [-0.15, -0.1) is 0 Å². The topological polar surface area (TPSA) is 15.8 Å². The highest BCUT2D eigenvalue weighted by Crippen LogP contribution is 2.10. The summed E-state index contributed by atoms with van der Waals surface area (Å²) in [6, 6.07) is 10.7. The van der Waals surface area contributed by atoms with Gasteiger partial charge in [-0.25, -0.2) is 4.39 Å². The number of nitrogens with one attached hydrogen (secondary N) is 1. The quantitative estimate of drug-likeness (QED) is 0.806. The van der Waals surface area contributed by atoms with Crippen LogP contribution in [0.5, 0.6) is 0 Å². The maximum atomic E-state index is 13.0. The maximum Gasteiger partial charge on any atom is 0.123 e. The van der Waals surface area contributed by atoms with Crippen LogP contribution in [0.2, 0.25) is 0 Å². The first-order valence-corrected chi connectivity index (χ1v) is 6.07. The third kappa shape index (κ3) is 3.49. The van der Waals surface area contributed by atoms with E-state index in [0.717, 1.165) is 35.0 Å². The van der Waals surface area contributed by atoms with E-state index >= 15 is 0 Å². The number of aromatic amines is 1. The zero-order valence-corrected chi connectivity index (χ0v) is 10.3. The molecule has 0 spiro atoms. The minimum absolute atomic E-state index is 0.167. The first-order chi connectivity index (χ1) is 8.25. The van der Waals surface area contributed by atoms with Crippen LogP contribution in [0.25, 0.3) is 0 Å². The van der Waals surface area contributed by atoms with E-state index in [1.165, 1.54) is 6.07 Å². The Morgan fingerprint density at radius 1 is 1.12 bits per heavy atom. The van der Waals surface area contributed by atoms with Crippen LogP contribution < -0.4 is 0 Å². The molecule has 1 aromatic heterocycles. The molecule has 0 saturated heterocycles. The maximum absolute atomic E-state index is 13.0. The molecule has 2 rings (SSSR count). The summed E-state index contributed by atoms with van der Waals surface area (Å²) in [5, 5.41) is 0. The Labute approximate surface area is 105 Å². The van der Waals surface area contributed by atoms with Crippen molar-refractivity contribution in [2.75, 3.05) is 0 Å². The van der Waals surface area contributed by atoms with Gasteiger partial charge in [-0.3, -0.25) is 0 Å².